The van der Waals surface area contributed by atoms with Crippen LogP contribution in [0.3, 0.4) is 0 Å². The van der Waals surface area contributed by atoms with E-state index < -0.39 is 5.92 Å². The molecule has 0 aromatic heterocycles. The first kappa shape index (κ1) is 13.6. The molecule has 0 radical (unpaired) electrons. The number of rotatable bonds is 4. The Balaban J connectivity index is 1.99. The Bertz CT molecular complexity index is 461. The zero-order valence-electron chi connectivity index (χ0n) is 11.0. The molecule has 1 aromatic rings. The number of carbonyl (C=O) groups excluding carboxylic acids is 1. The molecule has 0 bridgehead atoms. The highest BCUT2D eigenvalue weighted by molar-refractivity contribution is 5.86. The summed E-state index contributed by atoms with van der Waals surface area (Å²) in [6.45, 7) is 3.41. The van der Waals surface area contributed by atoms with Gasteiger partial charge in [0.05, 0.1) is 12.7 Å². The first-order valence-electron chi connectivity index (χ1n) is 6.55. The second kappa shape index (κ2) is 6.35. The molecule has 1 aliphatic rings. The van der Waals surface area contributed by atoms with Crippen molar-refractivity contribution in [2.75, 3.05) is 13.2 Å². The molecule has 100 valence electrons. The fourth-order valence-corrected chi connectivity index (χ4v) is 2.30. The van der Waals surface area contributed by atoms with Gasteiger partial charge in [-0.3, -0.25) is 4.79 Å². The van der Waals surface area contributed by atoms with Crippen molar-refractivity contribution >= 4 is 5.91 Å². The molecule has 19 heavy (non-hydrogen) atoms. The average Bonchev–Trinajstić information content (AvgIpc) is 2.94. The molecular formula is C15H18N2O2. The van der Waals surface area contributed by atoms with Gasteiger partial charge in [0.25, 0.3) is 0 Å². The SMILES string of the molecule is CC(NC(=O)C(C#N)c1ccccc1)C1CCOC1. The Morgan fingerprint density at radius 2 is 2.21 bits per heavy atom. The van der Waals surface area contributed by atoms with Crippen molar-refractivity contribution in [1.82, 2.24) is 5.32 Å². The number of nitrogens with one attached hydrogen (secondary N) is 1. The monoisotopic (exact) mass is 258 g/mol. The summed E-state index contributed by atoms with van der Waals surface area (Å²) in [4.78, 5) is 12.2. The molecule has 1 N–H and O–H groups in total. The van der Waals surface area contributed by atoms with Gasteiger partial charge in [0.1, 0.15) is 5.92 Å². The fourth-order valence-electron chi connectivity index (χ4n) is 2.30. The second-order valence-corrected chi connectivity index (χ2v) is 4.89. The molecule has 0 aliphatic carbocycles. The molecule has 1 aromatic carbocycles. The van der Waals surface area contributed by atoms with Gasteiger partial charge in [-0.2, -0.15) is 5.26 Å². The average molecular weight is 258 g/mol. The smallest absolute Gasteiger partial charge is 0.242 e. The zero-order chi connectivity index (χ0) is 13.7. The van der Waals surface area contributed by atoms with E-state index in [1.165, 1.54) is 0 Å². The minimum atomic E-state index is -0.744. The normalized spacial score (nSPS) is 21.4. The van der Waals surface area contributed by atoms with Gasteiger partial charge in [0.2, 0.25) is 5.91 Å². The molecule has 0 saturated carbocycles. The molecule has 1 saturated heterocycles. The highest BCUT2D eigenvalue weighted by atomic mass is 16.5. The summed E-state index contributed by atoms with van der Waals surface area (Å²) in [6, 6.07) is 11.3. The lowest BCUT2D eigenvalue weighted by molar-refractivity contribution is -0.122. The molecule has 3 unspecified atom stereocenters. The predicted molar refractivity (Wildman–Crippen MR) is 71.3 cm³/mol. The maximum atomic E-state index is 12.2. The van der Waals surface area contributed by atoms with Crippen LogP contribution in [0.15, 0.2) is 30.3 Å². The van der Waals surface area contributed by atoms with Crippen LogP contribution in [0.5, 0.6) is 0 Å². The number of nitriles is 1. The van der Waals surface area contributed by atoms with Gasteiger partial charge < -0.3 is 10.1 Å². The van der Waals surface area contributed by atoms with E-state index in [1.807, 2.05) is 25.1 Å². The van der Waals surface area contributed by atoms with Crippen molar-refractivity contribution in [2.24, 2.45) is 5.92 Å². The Morgan fingerprint density at radius 1 is 1.47 bits per heavy atom. The third-order valence-electron chi connectivity index (χ3n) is 3.57. The van der Waals surface area contributed by atoms with Crippen LogP contribution in [0.1, 0.15) is 24.8 Å². The Kier molecular flexibility index (Phi) is 4.53. The Morgan fingerprint density at radius 3 is 2.79 bits per heavy atom. The third-order valence-corrected chi connectivity index (χ3v) is 3.57. The maximum Gasteiger partial charge on any atom is 0.242 e. The van der Waals surface area contributed by atoms with Crippen molar-refractivity contribution < 1.29 is 9.53 Å². The minimum Gasteiger partial charge on any atom is -0.381 e. The maximum absolute atomic E-state index is 12.2. The number of nitrogens with zero attached hydrogens (tertiary/aromatic N) is 1. The first-order chi connectivity index (χ1) is 9.22. The predicted octanol–water partition coefficient (Wildman–Crippen LogP) is 1.83. The summed E-state index contributed by atoms with van der Waals surface area (Å²) in [7, 11) is 0. The van der Waals surface area contributed by atoms with E-state index >= 15 is 0 Å². The lowest BCUT2D eigenvalue weighted by Gasteiger charge is -2.20. The molecule has 4 nitrogen and oxygen atoms in total. The second-order valence-electron chi connectivity index (χ2n) is 4.89. The van der Waals surface area contributed by atoms with E-state index in [4.69, 9.17) is 4.74 Å². The molecular weight excluding hydrogens is 240 g/mol. The molecule has 1 fully saturated rings. The number of ether oxygens (including phenoxy) is 1. The van der Waals surface area contributed by atoms with Crippen LogP contribution in [-0.4, -0.2) is 25.2 Å². The third kappa shape index (κ3) is 3.33. The van der Waals surface area contributed by atoms with Gasteiger partial charge in [0, 0.05) is 18.6 Å². The number of hydrogen-bond donors (Lipinski definition) is 1. The van der Waals surface area contributed by atoms with Gasteiger partial charge in [-0.25, -0.2) is 0 Å². The standard InChI is InChI=1S/C15H18N2O2/c1-11(13-7-8-19-10-13)17-15(18)14(9-16)12-5-3-2-4-6-12/h2-6,11,13-14H,7-8,10H2,1H3,(H,17,18). The van der Waals surface area contributed by atoms with Gasteiger partial charge in [-0.05, 0) is 18.9 Å². The van der Waals surface area contributed by atoms with E-state index in [0.29, 0.717) is 12.5 Å². The topological polar surface area (TPSA) is 62.1 Å². The van der Waals surface area contributed by atoms with Gasteiger partial charge >= 0.3 is 0 Å². The summed E-state index contributed by atoms with van der Waals surface area (Å²) in [5.74, 6) is -0.627. The number of amides is 1. The van der Waals surface area contributed by atoms with Gasteiger partial charge in [-0.15, -0.1) is 0 Å². The van der Waals surface area contributed by atoms with Crippen LogP contribution in [-0.2, 0) is 9.53 Å². The van der Waals surface area contributed by atoms with Crippen LogP contribution in [0, 0.1) is 17.2 Å². The van der Waals surface area contributed by atoms with Crippen molar-refractivity contribution in [3.05, 3.63) is 35.9 Å². The van der Waals surface area contributed by atoms with Crippen LogP contribution in [0.2, 0.25) is 0 Å². The first-order valence-corrected chi connectivity index (χ1v) is 6.55. The van der Waals surface area contributed by atoms with Crippen molar-refractivity contribution in [1.29, 1.82) is 5.26 Å². The summed E-state index contributed by atoms with van der Waals surface area (Å²) in [5, 5.41) is 12.1. The summed E-state index contributed by atoms with van der Waals surface area (Å²) >= 11 is 0. The lowest BCUT2D eigenvalue weighted by Crippen LogP contribution is -2.40. The van der Waals surface area contributed by atoms with Crippen molar-refractivity contribution in [3.63, 3.8) is 0 Å². The van der Waals surface area contributed by atoms with E-state index in [0.717, 1.165) is 18.6 Å². The molecule has 0 spiro atoms. The summed E-state index contributed by atoms with van der Waals surface area (Å²) < 4.78 is 5.31. The zero-order valence-corrected chi connectivity index (χ0v) is 11.0. The Hall–Kier alpha value is -1.86. The molecule has 1 amide bonds. The quantitative estimate of drug-likeness (QED) is 0.896. The van der Waals surface area contributed by atoms with Crippen LogP contribution < -0.4 is 5.32 Å². The van der Waals surface area contributed by atoms with E-state index in [1.54, 1.807) is 12.1 Å². The summed E-state index contributed by atoms with van der Waals surface area (Å²) in [5.41, 5.74) is 0.734. The van der Waals surface area contributed by atoms with E-state index in [2.05, 4.69) is 11.4 Å². The van der Waals surface area contributed by atoms with E-state index in [-0.39, 0.29) is 11.9 Å². The van der Waals surface area contributed by atoms with Crippen LogP contribution >= 0.6 is 0 Å². The molecule has 3 atom stereocenters. The fraction of sp³-hybridized carbons (Fsp3) is 0.467. The van der Waals surface area contributed by atoms with Gasteiger partial charge in [0.15, 0.2) is 0 Å². The highest BCUT2D eigenvalue weighted by Gasteiger charge is 2.27. The van der Waals surface area contributed by atoms with Crippen molar-refractivity contribution in [2.45, 2.75) is 25.3 Å². The molecule has 1 aliphatic heterocycles. The van der Waals surface area contributed by atoms with Crippen LogP contribution in [0.4, 0.5) is 0 Å². The highest BCUT2D eigenvalue weighted by Crippen LogP contribution is 2.19. The number of carbonyl (C=O) groups is 1. The van der Waals surface area contributed by atoms with E-state index in [9.17, 15) is 10.1 Å². The summed E-state index contributed by atoms with van der Waals surface area (Å²) in [6.07, 6.45) is 0.962. The largest absolute Gasteiger partial charge is 0.381 e. The number of benzene rings is 1. The molecule has 4 heteroatoms. The lowest BCUT2D eigenvalue weighted by atomic mass is 9.97. The minimum absolute atomic E-state index is 0.0366. The molecule has 2 rings (SSSR count). The molecule has 1 heterocycles. The van der Waals surface area contributed by atoms with Crippen LogP contribution in [0.25, 0.3) is 0 Å². The van der Waals surface area contributed by atoms with Crippen molar-refractivity contribution in [3.8, 4) is 6.07 Å². The Labute approximate surface area is 113 Å². The van der Waals surface area contributed by atoms with Gasteiger partial charge in [-0.1, -0.05) is 30.3 Å². The number of hydrogen-bond acceptors (Lipinski definition) is 3.